The normalized spacial score (nSPS) is 11.7. The van der Waals surface area contributed by atoms with Crippen molar-refractivity contribution >= 4 is 65.3 Å². The second kappa shape index (κ2) is 15.7. The van der Waals surface area contributed by atoms with Gasteiger partial charge in [0.05, 0.1) is 17.4 Å². The summed E-state index contributed by atoms with van der Waals surface area (Å²) in [6.07, 6.45) is 1.97. The van der Waals surface area contributed by atoms with Crippen molar-refractivity contribution in [3.8, 4) is 56.6 Å². The van der Waals surface area contributed by atoms with Crippen LogP contribution in [-0.4, -0.2) is 23.3 Å². The zero-order chi connectivity index (χ0) is 43.7. The van der Waals surface area contributed by atoms with Gasteiger partial charge in [0.2, 0.25) is 0 Å². The molecule has 316 valence electrons. The molecule has 5 heterocycles. The molecule has 8 heteroatoms. The molecule has 0 radical (unpaired) electrons. The van der Waals surface area contributed by atoms with Crippen LogP contribution in [0.15, 0.2) is 212 Å². The van der Waals surface area contributed by atoms with E-state index in [1.807, 2.05) is 24.4 Å². The molecule has 0 bridgehead atoms. The van der Waals surface area contributed by atoms with Gasteiger partial charge in [0.1, 0.15) is 4.83 Å². The number of pyridine rings is 1. The van der Waals surface area contributed by atoms with Crippen molar-refractivity contribution in [2.45, 2.75) is 0 Å². The van der Waals surface area contributed by atoms with Gasteiger partial charge in [-0.05, 0) is 23.6 Å². The van der Waals surface area contributed by atoms with Crippen molar-refractivity contribution in [3.63, 3.8) is 0 Å². The minimum absolute atomic E-state index is 0.585. The first-order chi connectivity index (χ1) is 32.7. The van der Waals surface area contributed by atoms with Crippen LogP contribution in [0, 0.1) is 15.9 Å². The van der Waals surface area contributed by atoms with E-state index in [4.69, 9.17) is 9.72 Å². The Morgan fingerprint density at radius 3 is 1.76 bits per heavy atom. The van der Waals surface area contributed by atoms with Gasteiger partial charge < -0.3 is 0 Å². The van der Waals surface area contributed by atoms with Gasteiger partial charge >= 0.3 is 294 Å². The summed E-state index contributed by atoms with van der Waals surface area (Å²) < 4.78 is 16.8. The van der Waals surface area contributed by atoms with Gasteiger partial charge in [-0.1, -0.05) is 30.3 Å². The number of benzene rings is 8. The number of nitrogens with zero attached hydrogens (tertiary/aromatic N) is 5. The van der Waals surface area contributed by atoms with Crippen molar-refractivity contribution in [1.29, 1.82) is 0 Å². The topological polar surface area (TPSA) is 41.8 Å². The first-order valence-electron chi connectivity index (χ1n) is 21.7. The zero-order valence-corrected chi connectivity index (χ0v) is 38.2. The molecule has 13 rings (SSSR count). The van der Waals surface area contributed by atoms with Crippen LogP contribution in [0.5, 0.6) is 11.5 Å². The molecule has 13 aromatic rings. The Kier molecular flexibility index (Phi) is 9.19. The first-order valence-corrected chi connectivity index (χ1v) is 23.7. The number of ether oxygens (including phenoxy) is 1. The molecule has 0 fully saturated rings. The quantitative estimate of drug-likeness (QED) is 0.142. The summed E-state index contributed by atoms with van der Waals surface area (Å²) in [6, 6.07) is 77.4. The Hall–Kier alpha value is -7.83. The summed E-state index contributed by atoms with van der Waals surface area (Å²) in [5.41, 5.74) is 12.8. The van der Waals surface area contributed by atoms with E-state index in [0.29, 0.717) is 11.5 Å². The van der Waals surface area contributed by atoms with Crippen LogP contribution in [0.1, 0.15) is 0 Å². The average molecular weight is 1050 g/mol. The Labute approximate surface area is 394 Å². The van der Waals surface area contributed by atoms with E-state index >= 15 is 0 Å². The molecule has 0 aliphatic carbocycles. The molecule has 0 saturated carbocycles. The summed E-state index contributed by atoms with van der Waals surface area (Å²) in [6.45, 7) is 0. The Balaban J connectivity index is 0.907. The summed E-state index contributed by atoms with van der Waals surface area (Å²) in [5, 5.41) is 6.85. The molecule has 0 aliphatic rings. The Bertz CT molecular complexity index is 3990. The third kappa shape index (κ3) is 6.19. The van der Waals surface area contributed by atoms with Crippen molar-refractivity contribution in [2.24, 2.45) is 0 Å². The van der Waals surface area contributed by atoms with Crippen molar-refractivity contribution in [3.05, 3.63) is 228 Å². The van der Waals surface area contributed by atoms with Gasteiger partial charge in [0.15, 0.2) is 0 Å². The third-order valence-corrected chi connectivity index (χ3v) is 14.3. The van der Waals surface area contributed by atoms with Gasteiger partial charge in [-0.15, -0.1) is 11.3 Å². The molecule has 0 N–H and O–H groups in total. The second-order valence-corrected chi connectivity index (χ2v) is 18.1. The maximum absolute atomic E-state index is 6.71. The SMILES string of the molecule is [Pt]=[c]1n(-c2[c-]c(Oc3[c-]c4c(cc3)c3ccccc3n4-c3ccc(-n4c5ccccc5c5ccsc54)cn3)ccc2)c2ccccc2n1-c1c(-c2ccccc2)cccc1-c1ccccc1. The Morgan fingerprint density at radius 1 is 0.455 bits per heavy atom. The third-order valence-electron chi connectivity index (χ3n) is 12.4. The van der Waals surface area contributed by atoms with Gasteiger partial charge in [-0.3, -0.25) is 4.57 Å². The fraction of sp³-hybridized carbons (Fsp3) is 0. The first kappa shape index (κ1) is 38.6. The van der Waals surface area contributed by atoms with Crippen LogP contribution in [0.25, 0.3) is 99.1 Å². The molecule has 0 amide bonds. The molecular weight excluding hydrogens is 1010 g/mol. The van der Waals surface area contributed by atoms with E-state index in [0.717, 1.165) is 81.8 Å². The number of hydrogen-bond acceptors (Lipinski definition) is 3. The van der Waals surface area contributed by atoms with Crippen molar-refractivity contribution in [1.82, 2.24) is 23.3 Å². The fourth-order valence-corrected chi connectivity index (χ4v) is 11.6. The van der Waals surface area contributed by atoms with E-state index in [9.17, 15) is 0 Å². The molecule has 0 atom stereocenters. The van der Waals surface area contributed by atoms with Crippen LogP contribution in [0.2, 0.25) is 0 Å². The monoisotopic (exact) mass is 1040 g/mol. The number of fused-ring (bicyclic) bond motifs is 7. The summed E-state index contributed by atoms with van der Waals surface area (Å²) >= 11 is 4.22. The van der Waals surface area contributed by atoms with Gasteiger partial charge in [0, 0.05) is 10.8 Å². The van der Waals surface area contributed by atoms with Crippen LogP contribution in [-0.2, 0) is 19.4 Å². The molecular formula is C58H35N5OPtS-2. The van der Waals surface area contributed by atoms with E-state index in [2.05, 4.69) is 237 Å². The van der Waals surface area contributed by atoms with Gasteiger partial charge in [0.25, 0.3) is 0 Å². The standard InChI is InChI=1S/C58H35N5OS.Pt/c1-3-15-39(16-4-1)45-23-14-24-46(40-17-5-2-6-18-40)57(45)61-38-60(53-27-11-12-28-54(53)61)41-19-13-20-43(35-41)64-44-30-31-49-47-21-7-10-26-52(47)63(55(49)36-44)56-32-29-42(37-59-56)62-51-25-9-8-22-48(51)50-33-34-65-58(50)62;/h1-34,37H;/q-2;. The summed E-state index contributed by atoms with van der Waals surface area (Å²) in [5.74, 6) is 1.97. The minimum atomic E-state index is 0.585. The number of hydrogen-bond donors (Lipinski definition) is 0. The van der Waals surface area contributed by atoms with Crippen molar-refractivity contribution in [2.75, 3.05) is 0 Å². The van der Waals surface area contributed by atoms with Crippen molar-refractivity contribution < 1.29 is 24.1 Å². The van der Waals surface area contributed by atoms with E-state index < -0.39 is 0 Å². The molecule has 5 aromatic heterocycles. The fourth-order valence-electron chi connectivity index (χ4n) is 9.54. The molecule has 8 aromatic carbocycles. The van der Waals surface area contributed by atoms with Crippen LogP contribution in [0.3, 0.4) is 0 Å². The number of rotatable bonds is 8. The molecule has 0 saturated heterocycles. The number of imidazole rings is 1. The van der Waals surface area contributed by atoms with E-state index in [1.54, 1.807) is 11.3 Å². The van der Waals surface area contributed by atoms with Crippen LogP contribution < -0.4 is 4.74 Å². The summed E-state index contributed by atoms with van der Waals surface area (Å²) in [7, 11) is 0. The number of aromatic nitrogens is 5. The van der Waals surface area contributed by atoms with Gasteiger partial charge in [-0.2, -0.15) is 0 Å². The predicted molar refractivity (Wildman–Crippen MR) is 265 cm³/mol. The molecule has 66 heavy (non-hydrogen) atoms. The number of thiophene rings is 1. The molecule has 6 nitrogen and oxygen atoms in total. The maximum atomic E-state index is 6.71. The predicted octanol–water partition coefficient (Wildman–Crippen LogP) is 14.9. The van der Waals surface area contributed by atoms with Gasteiger partial charge in [-0.25, -0.2) is 0 Å². The van der Waals surface area contributed by atoms with Crippen LogP contribution in [0.4, 0.5) is 0 Å². The summed E-state index contributed by atoms with van der Waals surface area (Å²) in [4.78, 5) is 6.32. The molecule has 0 spiro atoms. The average Bonchev–Trinajstić information content (AvgIpc) is 4.13. The second-order valence-electron chi connectivity index (χ2n) is 16.1. The zero-order valence-electron chi connectivity index (χ0n) is 35.1. The van der Waals surface area contributed by atoms with E-state index in [1.165, 1.54) is 21.1 Å². The molecule has 0 aliphatic heterocycles. The Morgan fingerprint density at radius 2 is 1.06 bits per heavy atom. The molecule has 0 unspecified atom stereocenters. The van der Waals surface area contributed by atoms with Crippen LogP contribution >= 0.6 is 11.3 Å². The number of para-hydroxylation sites is 5. The van der Waals surface area contributed by atoms with E-state index in [-0.39, 0.29) is 0 Å².